The molecule has 8 nitrogen and oxygen atoms in total. The molecule has 1 heterocycles. The highest BCUT2D eigenvalue weighted by molar-refractivity contribution is 9.10. The second-order valence-corrected chi connectivity index (χ2v) is 10.4. The molecule has 1 aromatic heterocycles. The van der Waals surface area contributed by atoms with E-state index in [1.807, 2.05) is 37.3 Å². The maximum atomic E-state index is 13.4. The first-order valence-electron chi connectivity index (χ1n) is 12.6. The molecule has 0 atom stereocenters. The van der Waals surface area contributed by atoms with Gasteiger partial charge >= 0.3 is 0 Å². The number of hydrogen-bond acceptors (Lipinski definition) is 6. The maximum Gasteiger partial charge on any atom is 0.282 e. The van der Waals surface area contributed by atoms with Crippen molar-refractivity contribution in [3.63, 3.8) is 0 Å². The number of nitrogens with one attached hydrogen (secondary N) is 1. The van der Waals surface area contributed by atoms with E-state index in [0.717, 1.165) is 17.3 Å². The van der Waals surface area contributed by atoms with Crippen LogP contribution < -0.4 is 20.3 Å². The lowest BCUT2D eigenvalue weighted by molar-refractivity contribution is -0.118. The van der Waals surface area contributed by atoms with Gasteiger partial charge in [-0.15, -0.1) is 0 Å². The van der Waals surface area contributed by atoms with E-state index in [9.17, 15) is 9.59 Å². The van der Waals surface area contributed by atoms with E-state index in [1.165, 1.54) is 4.68 Å². The Balaban J connectivity index is 1.62. The number of anilines is 1. The van der Waals surface area contributed by atoms with Crippen LogP contribution in [0.1, 0.15) is 38.1 Å². The molecule has 0 spiro atoms. The molecule has 0 saturated heterocycles. The van der Waals surface area contributed by atoms with Gasteiger partial charge < -0.3 is 14.8 Å². The molecule has 1 amide bonds. The second-order valence-electron chi connectivity index (χ2n) is 8.61. The van der Waals surface area contributed by atoms with Gasteiger partial charge in [-0.2, -0.15) is 9.78 Å². The lowest BCUT2D eigenvalue weighted by Crippen LogP contribution is -2.22. The van der Waals surface area contributed by atoms with Gasteiger partial charge in [-0.3, -0.25) is 9.59 Å². The first-order chi connectivity index (χ1) is 18.9. The van der Waals surface area contributed by atoms with Gasteiger partial charge in [0, 0.05) is 26.6 Å². The SMILES string of the molecule is CCCCc1nc2ccc(Br)cc2c(=O)n1N=Cc1cc(OCC)c(OCC(=O)Nc2ccccc2)cc1Br. The van der Waals surface area contributed by atoms with Crippen LogP contribution in [0.3, 0.4) is 0 Å². The van der Waals surface area contributed by atoms with E-state index in [0.29, 0.717) is 57.0 Å². The fraction of sp³-hybridized carbons (Fsp3) is 0.241. The Morgan fingerprint density at radius 2 is 1.82 bits per heavy atom. The molecule has 0 bridgehead atoms. The van der Waals surface area contributed by atoms with E-state index in [4.69, 9.17) is 14.5 Å². The zero-order valence-electron chi connectivity index (χ0n) is 21.6. The fourth-order valence-corrected chi connectivity index (χ4v) is 4.61. The van der Waals surface area contributed by atoms with E-state index in [1.54, 1.807) is 36.5 Å². The standard InChI is InChI=1S/C29H28Br2N4O4/c1-3-5-11-27-34-24-13-12-20(30)15-22(24)29(37)35(27)32-17-19-14-25(38-4-2)26(16-23(19)31)39-18-28(36)33-21-9-7-6-8-10-21/h6-10,12-17H,3-5,11,18H2,1-2H3,(H,33,36). The van der Waals surface area contributed by atoms with Crippen LogP contribution in [0.5, 0.6) is 11.5 Å². The molecule has 1 N–H and O–H groups in total. The Kier molecular flexibility index (Phi) is 9.89. The van der Waals surface area contributed by atoms with Crippen LogP contribution in [0, 0.1) is 0 Å². The first kappa shape index (κ1) is 28.5. The summed E-state index contributed by atoms with van der Waals surface area (Å²) < 4.78 is 14.4. The third-order valence-electron chi connectivity index (χ3n) is 5.72. The van der Waals surface area contributed by atoms with Gasteiger partial charge in [-0.25, -0.2) is 4.98 Å². The zero-order chi connectivity index (χ0) is 27.8. The number of hydrogen-bond donors (Lipinski definition) is 1. The van der Waals surface area contributed by atoms with Gasteiger partial charge in [-0.1, -0.05) is 47.5 Å². The molecule has 4 aromatic rings. The predicted octanol–water partition coefficient (Wildman–Crippen LogP) is 6.56. The largest absolute Gasteiger partial charge is 0.490 e. The number of unbranched alkanes of at least 4 members (excludes halogenated alkanes) is 1. The van der Waals surface area contributed by atoms with Crippen molar-refractivity contribution in [2.24, 2.45) is 5.10 Å². The number of aryl methyl sites for hydroxylation is 1. The lowest BCUT2D eigenvalue weighted by Gasteiger charge is -2.14. The van der Waals surface area contributed by atoms with Gasteiger partial charge in [0.2, 0.25) is 0 Å². The first-order valence-corrected chi connectivity index (χ1v) is 14.2. The molecule has 202 valence electrons. The quantitative estimate of drug-likeness (QED) is 0.185. The molecular weight excluding hydrogens is 628 g/mol. The molecule has 0 aliphatic carbocycles. The Labute approximate surface area is 243 Å². The summed E-state index contributed by atoms with van der Waals surface area (Å²) in [6, 6.07) is 18.1. The normalized spacial score (nSPS) is 11.2. The average Bonchev–Trinajstić information content (AvgIpc) is 2.93. The van der Waals surface area contributed by atoms with Crippen molar-refractivity contribution in [2.75, 3.05) is 18.5 Å². The van der Waals surface area contributed by atoms with Crippen LogP contribution in [0.4, 0.5) is 5.69 Å². The molecular formula is C29H28Br2N4O4. The minimum Gasteiger partial charge on any atom is -0.490 e. The number of benzene rings is 3. The van der Waals surface area contributed by atoms with Gasteiger partial charge in [0.05, 0.1) is 23.7 Å². The number of amides is 1. The summed E-state index contributed by atoms with van der Waals surface area (Å²) in [5, 5.41) is 7.80. The summed E-state index contributed by atoms with van der Waals surface area (Å²) >= 11 is 6.99. The number of para-hydroxylation sites is 1. The summed E-state index contributed by atoms with van der Waals surface area (Å²) in [6.07, 6.45) is 4.05. The Morgan fingerprint density at radius 1 is 1.05 bits per heavy atom. The summed E-state index contributed by atoms with van der Waals surface area (Å²) in [4.78, 5) is 30.5. The van der Waals surface area contributed by atoms with Gasteiger partial charge in [0.25, 0.3) is 11.5 Å². The molecule has 0 fully saturated rings. The van der Waals surface area contributed by atoms with Crippen molar-refractivity contribution in [3.8, 4) is 11.5 Å². The minimum atomic E-state index is -0.292. The van der Waals surface area contributed by atoms with Crippen molar-refractivity contribution >= 4 is 60.6 Å². The third-order valence-corrected chi connectivity index (χ3v) is 6.90. The summed E-state index contributed by atoms with van der Waals surface area (Å²) in [6.45, 7) is 4.16. The number of carbonyl (C=O) groups is 1. The highest BCUT2D eigenvalue weighted by Gasteiger charge is 2.14. The maximum absolute atomic E-state index is 13.4. The number of nitrogens with zero attached hydrogens (tertiary/aromatic N) is 3. The highest BCUT2D eigenvalue weighted by Crippen LogP contribution is 2.33. The zero-order valence-corrected chi connectivity index (χ0v) is 24.8. The fourth-order valence-electron chi connectivity index (χ4n) is 3.82. The van der Waals surface area contributed by atoms with Crippen LogP contribution in [0.15, 0.2) is 79.5 Å². The van der Waals surface area contributed by atoms with Crippen LogP contribution in [-0.2, 0) is 11.2 Å². The molecule has 0 radical (unpaired) electrons. The Hall–Kier alpha value is -3.50. The summed E-state index contributed by atoms with van der Waals surface area (Å²) in [7, 11) is 0. The molecule has 0 aliphatic rings. The van der Waals surface area contributed by atoms with E-state index in [2.05, 4.69) is 49.2 Å². The number of fused-ring (bicyclic) bond motifs is 1. The van der Waals surface area contributed by atoms with E-state index < -0.39 is 0 Å². The molecule has 3 aromatic carbocycles. The average molecular weight is 656 g/mol. The van der Waals surface area contributed by atoms with Crippen molar-refractivity contribution in [2.45, 2.75) is 33.1 Å². The number of carbonyl (C=O) groups excluding carboxylic acids is 1. The Bertz CT molecular complexity index is 1550. The molecule has 4 rings (SSSR count). The van der Waals surface area contributed by atoms with Crippen LogP contribution >= 0.6 is 31.9 Å². The highest BCUT2D eigenvalue weighted by atomic mass is 79.9. The van der Waals surface area contributed by atoms with Crippen LogP contribution in [-0.4, -0.2) is 35.0 Å². The summed E-state index contributed by atoms with van der Waals surface area (Å²) in [5.41, 5.74) is 1.75. The number of ether oxygens (including phenoxy) is 2. The van der Waals surface area contributed by atoms with Crippen molar-refractivity contribution in [1.82, 2.24) is 9.66 Å². The van der Waals surface area contributed by atoms with Crippen LogP contribution in [0.25, 0.3) is 10.9 Å². The molecule has 0 aliphatic heterocycles. The van der Waals surface area contributed by atoms with Gasteiger partial charge in [0.1, 0.15) is 5.82 Å². The van der Waals surface area contributed by atoms with Gasteiger partial charge in [0.15, 0.2) is 18.1 Å². The molecule has 10 heteroatoms. The van der Waals surface area contributed by atoms with Crippen LogP contribution in [0.2, 0.25) is 0 Å². The van der Waals surface area contributed by atoms with Gasteiger partial charge in [-0.05, 0) is 71.7 Å². The summed E-state index contributed by atoms with van der Waals surface area (Å²) in [5.74, 6) is 1.16. The minimum absolute atomic E-state index is 0.191. The van der Waals surface area contributed by atoms with E-state index >= 15 is 0 Å². The lowest BCUT2D eigenvalue weighted by atomic mass is 10.2. The molecule has 0 unspecified atom stereocenters. The number of halogens is 2. The monoisotopic (exact) mass is 654 g/mol. The molecule has 0 saturated carbocycles. The number of rotatable bonds is 11. The Morgan fingerprint density at radius 3 is 2.56 bits per heavy atom. The molecule has 39 heavy (non-hydrogen) atoms. The van der Waals surface area contributed by atoms with Crippen molar-refractivity contribution in [1.29, 1.82) is 0 Å². The third kappa shape index (κ3) is 7.33. The topological polar surface area (TPSA) is 94.8 Å². The van der Waals surface area contributed by atoms with Crippen molar-refractivity contribution < 1.29 is 14.3 Å². The predicted molar refractivity (Wildman–Crippen MR) is 161 cm³/mol. The smallest absolute Gasteiger partial charge is 0.282 e. The van der Waals surface area contributed by atoms with Crippen molar-refractivity contribution in [3.05, 3.63) is 91.4 Å². The number of aromatic nitrogens is 2. The van der Waals surface area contributed by atoms with E-state index in [-0.39, 0.29) is 18.1 Å². The second kappa shape index (κ2) is 13.5.